The van der Waals surface area contributed by atoms with E-state index in [2.05, 4.69) is 4.98 Å². The van der Waals surface area contributed by atoms with Crippen molar-refractivity contribution in [3.63, 3.8) is 0 Å². The van der Waals surface area contributed by atoms with Crippen molar-refractivity contribution in [3.05, 3.63) is 38.3 Å². The molecule has 0 aromatic carbocycles. The zero-order valence-corrected chi connectivity index (χ0v) is 10.7. The number of hydrogen-bond donors (Lipinski definition) is 0. The van der Waals surface area contributed by atoms with Crippen molar-refractivity contribution in [2.24, 2.45) is 0 Å². The lowest BCUT2D eigenvalue weighted by Gasteiger charge is -1.95. The van der Waals surface area contributed by atoms with E-state index in [0.717, 1.165) is 21.2 Å². The fourth-order valence-corrected chi connectivity index (χ4v) is 2.57. The SMILES string of the molecule is CC/C(=C\c1c(C)nc2sc(C)cn12)[N+](=O)[O-]. The molecule has 0 fully saturated rings. The van der Waals surface area contributed by atoms with E-state index in [4.69, 9.17) is 0 Å². The number of aromatic nitrogens is 2. The molecule has 0 aliphatic rings. The third-order valence-corrected chi connectivity index (χ3v) is 3.46. The van der Waals surface area contributed by atoms with Crippen molar-refractivity contribution in [1.29, 1.82) is 0 Å². The number of hydrogen-bond acceptors (Lipinski definition) is 4. The van der Waals surface area contributed by atoms with Crippen LogP contribution in [0, 0.1) is 24.0 Å². The topological polar surface area (TPSA) is 60.4 Å². The van der Waals surface area contributed by atoms with Gasteiger partial charge in [-0.05, 0) is 13.8 Å². The molecule has 0 radical (unpaired) electrons. The highest BCUT2D eigenvalue weighted by Gasteiger charge is 2.14. The standard InChI is InChI=1S/C11H13N3O2S/c1-4-9(14(15)16)5-10-8(3)12-11-13(10)6-7(2)17-11/h5-6H,4H2,1-3H3/b9-5+. The molecule has 0 atom stereocenters. The Morgan fingerprint density at radius 3 is 2.94 bits per heavy atom. The van der Waals surface area contributed by atoms with Gasteiger partial charge in [0.25, 0.3) is 0 Å². The number of allylic oxidation sites excluding steroid dienone is 1. The van der Waals surface area contributed by atoms with Gasteiger partial charge in [0.1, 0.15) is 0 Å². The van der Waals surface area contributed by atoms with Gasteiger partial charge in [-0.15, -0.1) is 11.3 Å². The van der Waals surface area contributed by atoms with E-state index in [-0.39, 0.29) is 10.6 Å². The smallest absolute Gasteiger partial charge is 0.248 e. The lowest BCUT2D eigenvalue weighted by atomic mass is 10.2. The second kappa shape index (κ2) is 4.29. The Bertz CT molecular complexity index is 610. The maximum Gasteiger partial charge on any atom is 0.248 e. The number of fused-ring (bicyclic) bond motifs is 1. The maximum absolute atomic E-state index is 10.8. The van der Waals surface area contributed by atoms with E-state index in [9.17, 15) is 10.1 Å². The molecular formula is C11H13N3O2S. The van der Waals surface area contributed by atoms with Crippen LogP contribution >= 0.6 is 11.3 Å². The Balaban J connectivity index is 2.61. The van der Waals surface area contributed by atoms with Crippen LogP contribution in [0.15, 0.2) is 11.9 Å². The van der Waals surface area contributed by atoms with Crippen LogP contribution in [0.5, 0.6) is 0 Å². The number of rotatable bonds is 3. The Kier molecular flexibility index (Phi) is 2.97. The van der Waals surface area contributed by atoms with Crippen molar-refractivity contribution in [2.75, 3.05) is 0 Å². The van der Waals surface area contributed by atoms with Crippen molar-refractivity contribution in [2.45, 2.75) is 27.2 Å². The van der Waals surface area contributed by atoms with Crippen LogP contribution in [0.25, 0.3) is 11.0 Å². The molecule has 0 amide bonds. The lowest BCUT2D eigenvalue weighted by Crippen LogP contribution is -1.98. The summed E-state index contributed by atoms with van der Waals surface area (Å²) in [5.74, 6) is 0. The number of thiazole rings is 1. The van der Waals surface area contributed by atoms with E-state index in [1.165, 1.54) is 0 Å². The molecule has 17 heavy (non-hydrogen) atoms. The predicted octanol–water partition coefficient (Wildman–Crippen LogP) is 3.04. The molecule has 5 nitrogen and oxygen atoms in total. The maximum atomic E-state index is 10.8. The molecule has 2 heterocycles. The molecule has 0 unspecified atom stereocenters. The van der Waals surface area contributed by atoms with E-state index >= 15 is 0 Å². The van der Waals surface area contributed by atoms with Crippen molar-refractivity contribution < 1.29 is 4.92 Å². The van der Waals surface area contributed by atoms with Gasteiger partial charge in [-0.3, -0.25) is 14.5 Å². The summed E-state index contributed by atoms with van der Waals surface area (Å²) < 4.78 is 1.91. The highest BCUT2D eigenvalue weighted by molar-refractivity contribution is 7.17. The fourth-order valence-electron chi connectivity index (χ4n) is 1.70. The second-order valence-electron chi connectivity index (χ2n) is 3.82. The Morgan fingerprint density at radius 1 is 1.65 bits per heavy atom. The zero-order valence-electron chi connectivity index (χ0n) is 9.93. The summed E-state index contributed by atoms with van der Waals surface area (Å²) in [6.07, 6.45) is 3.98. The van der Waals surface area contributed by atoms with Crippen LogP contribution in [0.3, 0.4) is 0 Å². The van der Waals surface area contributed by atoms with Gasteiger partial charge >= 0.3 is 0 Å². The first-order valence-electron chi connectivity index (χ1n) is 5.33. The van der Waals surface area contributed by atoms with Crippen LogP contribution in [-0.2, 0) is 0 Å². The van der Waals surface area contributed by atoms with Crippen LogP contribution in [0.2, 0.25) is 0 Å². The van der Waals surface area contributed by atoms with Crippen LogP contribution < -0.4 is 0 Å². The van der Waals surface area contributed by atoms with Crippen molar-refractivity contribution >= 4 is 22.4 Å². The van der Waals surface area contributed by atoms with E-state index in [1.807, 2.05) is 24.4 Å². The summed E-state index contributed by atoms with van der Waals surface area (Å²) in [5.41, 5.74) is 1.83. The summed E-state index contributed by atoms with van der Waals surface area (Å²) in [7, 11) is 0. The zero-order chi connectivity index (χ0) is 12.6. The van der Waals surface area contributed by atoms with Crippen LogP contribution in [0.4, 0.5) is 0 Å². The van der Waals surface area contributed by atoms with Gasteiger partial charge in [0, 0.05) is 23.6 Å². The predicted molar refractivity (Wildman–Crippen MR) is 67.8 cm³/mol. The van der Waals surface area contributed by atoms with E-state index in [0.29, 0.717) is 6.42 Å². The third-order valence-electron chi connectivity index (χ3n) is 2.56. The molecule has 90 valence electrons. The molecule has 0 aliphatic heterocycles. The molecule has 0 saturated heterocycles. The highest BCUT2D eigenvalue weighted by atomic mass is 32.1. The van der Waals surface area contributed by atoms with Gasteiger partial charge in [0.2, 0.25) is 5.70 Å². The van der Waals surface area contributed by atoms with E-state index in [1.54, 1.807) is 24.3 Å². The molecule has 0 aliphatic carbocycles. The van der Waals surface area contributed by atoms with Gasteiger partial charge < -0.3 is 0 Å². The summed E-state index contributed by atoms with van der Waals surface area (Å²) in [6, 6.07) is 0. The van der Waals surface area contributed by atoms with Crippen molar-refractivity contribution in [1.82, 2.24) is 9.38 Å². The van der Waals surface area contributed by atoms with Gasteiger partial charge in [0.15, 0.2) is 4.96 Å². The van der Waals surface area contributed by atoms with Crippen LogP contribution in [-0.4, -0.2) is 14.3 Å². The molecule has 2 rings (SSSR count). The van der Waals surface area contributed by atoms with Crippen molar-refractivity contribution in [3.8, 4) is 0 Å². The lowest BCUT2D eigenvalue weighted by molar-refractivity contribution is -0.425. The summed E-state index contributed by atoms with van der Waals surface area (Å²) in [5, 5.41) is 10.8. The minimum Gasteiger partial charge on any atom is -0.290 e. The molecule has 2 aromatic rings. The normalized spacial score (nSPS) is 12.3. The van der Waals surface area contributed by atoms with Gasteiger partial charge in [-0.2, -0.15) is 0 Å². The number of imidazole rings is 1. The summed E-state index contributed by atoms with van der Waals surface area (Å²) in [4.78, 5) is 16.9. The summed E-state index contributed by atoms with van der Waals surface area (Å²) >= 11 is 1.58. The average molecular weight is 251 g/mol. The van der Waals surface area contributed by atoms with Gasteiger partial charge in [-0.25, -0.2) is 4.98 Å². The monoisotopic (exact) mass is 251 g/mol. The largest absolute Gasteiger partial charge is 0.290 e. The molecule has 0 bridgehead atoms. The summed E-state index contributed by atoms with van der Waals surface area (Å²) in [6.45, 7) is 5.64. The molecule has 6 heteroatoms. The molecule has 0 N–H and O–H groups in total. The first-order chi connectivity index (χ1) is 8.02. The first kappa shape index (κ1) is 11.8. The molecule has 0 spiro atoms. The fraction of sp³-hybridized carbons (Fsp3) is 0.364. The van der Waals surface area contributed by atoms with Gasteiger partial charge in [-0.1, -0.05) is 6.92 Å². The minimum absolute atomic E-state index is 0.207. The molecular weight excluding hydrogens is 238 g/mol. The quantitative estimate of drug-likeness (QED) is 0.622. The van der Waals surface area contributed by atoms with Crippen LogP contribution in [0.1, 0.15) is 29.6 Å². The van der Waals surface area contributed by atoms with Gasteiger partial charge in [0.05, 0.1) is 16.3 Å². The second-order valence-corrected chi connectivity index (χ2v) is 5.04. The number of nitrogens with zero attached hydrogens (tertiary/aromatic N) is 3. The molecule has 2 aromatic heterocycles. The Hall–Kier alpha value is -1.69. The minimum atomic E-state index is -0.335. The number of nitro groups is 1. The van der Waals surface area contributed by atoms with E-state index < -0.39 is 0 Å². The highest BCUT2D eigenvalue weighted by Crippen LogP contribution is 2.22. The number of aryl methyl sites for hydroxylation is 2. The average Bonchev–Trinajstić information content (AvgIpc) is 2.71. The Labute approximate surface area is 103 Å². The third kappa shape index (κ3) is 2.08. The first-order valence-corrected chi connectivity index (χ1v) is 6.14. The molecule has 0 saturated carbocycles. The Morgan fingerprint density at radius 2 is 2.35 bits per heavy atom.